The Morgan fingerprint density at radius 2 is 0.851 bits per heavy atom. The van der Waals surface area contributed by atoms with Gasteiger partial charge in [0, 0.05) is 0 Å². The van der Waals surface area contributed by atoms with Gasteiger partial charge in [0.15, 0.2) is 0 Å². The van der Waals surface area contributed by atoms with Crippen LogP contribution in [0.3, 0.4) is 0 Å². The molecule has 10 rings (SSSR count). The van der Waals surface area contributed by atoms with E-state index in [2.05, 4.69) is 182 Å². The molecule has 0 saturated carbocycles. The first-order valence-electron chi connectivity index (χ1n) is 16.4. The average Bonchev–Trinajstić information content (AvgIpc) is 3.46. The summed E-state index contributed by atoms with van der Waals surface area (Å²) in [5, 5.41) is 10.3. The second kappa shape index (κ2) is 10.0. The molecule has 0 radical (unpaired) electrons. The van der Waals surface area contributed by atoms with Crippen LogP contribution in [0.2, 0.25) is 0 Å². The van der Waals surface area contributed by atoms with E-state index in [0.717, 1.165) is 0 Å². The van der Waals surface area contributed by atoms with Gasteiger partial charge in [-0.05, 0) is 99.7 Å². The van der Waals surface area contributed by atoms with Crippen LogP contribution in [0.15, 0.2) is 182 Å². The van der Waals surface area contributed by atoms with Crippen molar-refractivity contribution in [2.24, 2.45) is 0 Å². The molecule has 0 aromatic heterocycles. The lowest BCUT2D eigenvalue weighted by Gasteiger charge is -2.34. The fraction of sp³-hybridized carbons (Fsp3) is 0.0213. The van der Waals surface area contributed by atoms with Gasteiger partial charge in [-0.15, -0.1) is 0 Å². The Labute approximate surface area is 274 Å². The van der Waals surface area contributed by atoms with Crippen LogP contribution in [-0.2, 0) is 5.41 Å². The highest BCUT2D eigenvalue weighted by Gasteiger charge is 2.46. The van der Waals surface area contributed by atoms with E-state index in [9.17, 15) is 0 Å². The maximum Gasteiger partial charge on any atom is 0.0714 e. The van der Waals surface area contributed by atoms with E-state index in [1.54, 1.807) is 0 Å². The molecule has 0 bridgehead atoms. The molecule has 218 valence electrons. The maximum atomic E-state index is 2.50. The standard InChI is InChI=1S/C47H30/c1-3-15-34(16-4-1)47(35-17-5-2-6-18-35)44-28-25-32-14-8-10-20-37(32)46(44)41-27-24-33(29-45(41)47)42-30-43-36-19-9-7-13-31(36)23-26-40(43)38-21-11-12-22-39(38)42/h1-30H. The third-order valence-electron chi connectivity index (χ3n) is 10.5. The predicted molar refractivity (Wildman–Crippen MR) is 199 cm³/mol. The summed E-state index contributed by atoms with van der Waals surface area (Å²) >= 11 is 0. The van der Waals surface area contributed by atoms with Crippen molar-refractivity contribution in [2.45, 2.75) is 5.41 Å². The van der Waals surface area contributed by atoms with Gasteiger partial charge in [-0.2, -0.15) is 0 Å². The monoisotopic (exact) mass is 594 g/mol. The molecule has 0 N–H and O–H groups in total. The number of hydrogen-bond acceptors (Lipinski definition) is 0. The molecule has 0 aliphatic heterocycles. The lowest BCUT2D eigenvalue weighted by Crippen LogP contribution is -2.28. The van der Waals surface area contributed by atoms with Crippen molar-refractivity contribution in [3.63, 3.8) is 0 Å². The second-order valence-electron chi connectivity index (χ2n) is 12.8. The minimum absolute atomic E-state index is 0.466. The van der Waals surface area contributed by atoms with Gasteiger partial charge >= 0.3 is 0 Å². The normalized spacial score (nSPS) is 13.3. The Morgan fingerprint density at radius 1 is 0.298 bits per heavy atom. The van der Waals surface area contributed by atoms with Crippen molar-refractivity contribution in [1.29, 1.82) is 0 Å². The van der Waals surface area contributed by atoms with E-state index in [0.29, 0.717) is 0 Å². The second-order valence-corrected chi connectivity index (χ2v) is 12.8. The molecule has 0 nitrogen and oxygen atoms in total. The van der Waals surface area contributed by atoms with Crippen LogP contribution in [0.5, 0.6) is 0 Å². The molecule has 0 heteroatoms. The number of fused-ring (bicyclic) bond motifs is 10. The van der Waals surface area contributed by atoms with Crippen molar-refractivity contribution in [3.05, 3.63) is 204 Å². The Kier molecular flexibility index (Phi) is 5.59. The summed E-state index contributed by atoms with van der Waals surface area (Å²) < 4.78 is 0. The van der Waals surface area contributed by atoms with Gasteiger partial charge in [-0.25, -0.2) is 0 Å². The summed E-state index contributed by atoms with van der Waals surface area (Å²) in [5.74, 6) is 0. The largest absolute Gasteiger partial charge is 0.0714 e. The van der Waals surface area contributed by atoms with Crippen LogP contribution in [0.1, 0.15) is 22.3 Å². The molecule has 9 aromatic carbocycles. The molecule has 0 heterocycles. The Morgan fingerprint density at radius 3 is 1.57 bits per heavy atom. The summed E-state index contributed by atoms with van der Waals surface area (Å²) in [7, 11) is 0. The summed E-state index contributed by atoms with van der Waals surface area (Å²) in [6.45, 7) is 0. The molecular weight excluding hydrogens is 565 g/mol. The summed E-state index contributed by atoms with van der Waals surface area (Å²) in [6.07, 6.45) is 0. The fourth-order valence-corrected chi connectivity index (χ4v) is 8.52. The number of hydrogen-bond donors (Lipinski definition) is 0. The predicted octanol–water partition coefficient (Wildman–Crippen LogP) is 12.3. The lowest BCUT2D eigenvalue weighted by molar-refractivity contribution is 0.769. The maximum absolute atomic E-state index is 2.50. The summed E-state index contributed by atoms with van der Waals surface area (Å²) in [5.41, 5.74) is 9.94. The molecule has 0 amide bonds. The molecule has 1 aliphatic carbocycles. The molecule has 0 atom stereocenters. The number of benzene rings is 9. The highest BCUT2D eigenvalue weighted by molar-refractivity contribution is 6.21. The van der Waals surface area contributed by atoms with Gasteiger partial charge in [-0.3, -0.25) is 0 Å². The van der Waals surface area contributed by atoms with Gasteiger partial charge in [-0.1, -0.05) is 170 Å². The van der Waals surface area contributed by atoms with Crippen molar-refractivity contribution in [1.82, 2.24) is 0 Å². The van der Waals surface area contributed by atoms with Gasteiger partial charge < -0.3 is 0 Å². The fourth-order valence-electron chi connectivity index (χ4n) is 8.52. The topological polar surface area (TPSA) is 0 Å². The Hall–Kier alpha value is -5.98. The Balaban J connectivity index is 1.35. The van der Waals surface area contributed by atoms with Crippen LogP contribution < -0.4 is 0 Å². The van der Waals surface area contributed by atoms with Gasteiger partial charge in [0.1, 0.15) is 0 Å². The van der Waals surface area contributed by atoms with Crippen LogP contribution in [0.25, 0.3) is 65.3 Å². The first kappa shape index (κ1) is 26.3. The van der Waals surface area contributed by atoms with Gasteiger partial charge in [0.2, 0.25) is 0 Å². The van der Waals surface area contributed by atoms with Crippen LogP contribution >= 0.6 is 0 Å². The van der Waals surface area contributed by atoms with Crippen LogP contribution in [0, 0.1) is 0 Å². The quantitative estimate of drug-likeness (QED) is 0.179. The number of rotatable bonds is 3. The lowest BCUT2D eigenvalue weighted by atomic mass is 9.67. The van der Waals surface area contributed by atoms with Crippen LogP contribution in [0.4, 0.5) is 0 Å². The van der Waals surface area contributed by atoms with E-state index in [4.69, 9.17) is 0 Å². The molecule has 9 aromatic rings. The van der Waals surface area contributed by atoms with E-state index in [1.165, 1.54) is 87.6 Å². The third-order valence-corrected chi connectivity index (χ3v) is 10.5. The highest BCUT2D eigenvalue weighted by atomic mass is 14.5. The Bertz CT molecular complexity index is 2620. The van der Waals surface area contributed by atoms with Crippen molar-refractivity contribution < 1.29 is 0 Å². The third kappa shape index (κ3) is 3.64. The first-order valence-corrected chi connectivity index (χ1v) is 16.4. The van der Waals surface area contributed by atoms with Crippen molar-refractivity contribution >= 4 is 43.1 Å². The van der Waals surface area contributed by atoms with Crippen molar-refractivity contribution in [2.75, 3.05) is 0 Å². The average molecular weight is 595 g/mol. The van der Waals surface area contributed by atoms with E-state index in [1.807, 2.05) is 0 Å². The molecule has 0 spiro atoms. The molecular formula is C47H30. The zero-order valence-corrected chi connectivity index (χ0v) is 25.8. The van der Waals surface area contributed by atoms with Crippen molar-refractivity contribution in [3.8, 4) is 22.3 Å². The highest BCUT2D eigenvalue weighted by Crippen LogP contribution is 2.58. The van der Waals surface area contributed by atoms with Gasteiger partial charge in [0.25, 0.3) is 0 Å². The first-order chi connectivity index (χ1) is 23.3. The zero-order valence-electron chi connectivity index (χ0n) is 25.8. The molecule has 0 fully saturated rings. The van der Waals surface area contributed by atoms with E-state index >= 15 is 0 Å². The van der Waals surface area contributed by atoms with E-state index < -0.39 is 5.41 Å². The molecule has 0 unspecified atom stereocenters. The molecule has 0 saturated heterocycles. The van der Waals surface area contributed by atoms with Crippen LogP contribution in [-0.4, -0.2) is 0 Å². The molecule has 47 heavy (non-hydrogen) atoms. The minimum Gasteiger partial charge on any atom is -0.0622 e. The molecule has 1 aliphatic rings. The smallest absolute Gasteiger partial charge is 0.0622 e. The summed E-state index contributed by atoms with van der Waals surface area (Å²) in [4.78, 5) is 0. The van der Waals surface area contributed by atoms with Gasteiger partial charge in [0.05, 0.1) is 5.41 Å². The van der Waals surface area contributed by atoms with E-state index in [-0.39, 0.29) is 0 Å². The zero-order chi connectivity index (χ0) is 31.0. The summed E-state index contributed by atoms with van der Waals surface area (Å²) in [6, 6.07) is 67.7. The minimum atomic E-state index is -0.466. The SMILES string of the molecule is c1ccc(C2(c3ccccc3)c3cc(-c4cc5c6ccccc6ccc5c5ccccc45)ccc3-c3c2ccc2ccccc32)cc1.